The summed E-state index contributed by atoms with van der Waals surface area (Å²) in [6.45, 7) is 1.90. The van der Waals surface area contributed by atoms with Gasteiger partial charge in [0.15, 0.2) is 0 Å². The van der Waals surface area contributed by atoms with Gasteiger partial charge in [0.1, 0.15) is 13.2 Å². The molecular formula is C18H26N2O5. The molecule has 0 spiro atoms. The summed E-state index contributed by atoms with van der Waals surface area (Å²) < 4.78 is 9.86. The van der Waals surface area contributed by atoms with Crippen molar-refractivity contribution in [2.45, 2.75) is 31.0 Å². The number of rotatable bonds is 6. The number of nitrogens with zero attached hydrogens (tertiary/aromatic N) is 1. The largest absolute Gasteiger partial charge is 0.388 e. The van der Waals surface area contributed by atoms with E-state index in [1.807, 2.05) is 30.3 Å². The maximum Gasteiger partial charge on any atom is 0.249 e. The molecular weight excluding hydrogens is 324 g/mol. The Morgan fingerprint density at radius 1 is 1.24 bits per heavy atom. The SMILES string of the molecule is COCC(=O)N[C@H]1[C@H](c2ccccc2)N(C(=O)COC)CC[C@@]1(C)O. The fraction of sp³-hybridized carbons (Fsp3) is 0.556. The van der Waals surface area contributed by atoms with Crippen molar-refractivity contribution in [3.63, 3.8) is 0 Å². The van der Waals surface area contributed by atoms with Gasteiger partial charge < -0.3 is 24.8 Å². The van der Waals surface area contributed by atoms with Crippen LogP contribution < -0.4 is 5.32 Å². The standard InChI is InChI=1S/C18H26N2O5/c1-18(23)9-10-20(15(22)12-25-3)16(13-7-5-4-6-8-13)17(18)19-14(21)11-24-2/h4-8,16-17,23H,9-12H2,1-3H3,(H,19,21)/t16-,17-,18+/m0/s1. The number of carbonyl (C=O) groups excluding carboxylic acids is 2. The van der Waals surface area contributed by atoms with Crippen LogP contribution in [0.4, 0.5) is 0 Å². The first-order valence-corrected chi connectivity index (χ1v) is 8.24. The van der Waals surface area contributed by atoms with E-state index in [-0.39, 0.29) is 25.0 Å². The number of nitrogens with one attached hydrogen (secondary N) is 1. The van der Waals surface area contributed by atoms with E-state index in [0.717, 1.165) is 5.56 Å². The van der Waals surface area contributed by atoms with Gasteiger partial charge in [-0.25, -0.2) is 0 Å². The molecule has 1 heterocycles. The van der Waals surface area contributed by atoms with E-state index in [0.29, 0.717) is 13.0 Å². The molecule has 0 bridgehead atoms. The smallest absolute Gasteiger partial charge is 0.249 e. The molecule has 1 saturated heterocycles. The third-order valence-electron chi connectivity index (χ3n) is 4.50. The van der Waals surface area contributed by atoms with Gasteiger partial charge in [0.25, 0.3) is 0 Å². The fourth-order valence-electron chi connectivity index (χ4n) is 3.25. The van der Waals surface area contributed by atoms with Crippen molar-refractivity contribution >= 4 is 11.8 Å². The molecule has 7 nitrogen and oxygen atoms in total. The van der Waals surface area contributed by atoms with Gasteiger partial charge in [-0.3, -0.25) is 9.59 Å². The first kappa shape index (κ1) is 19.4. The number of piperidine rings is 1. The van der Waals surface area contributed by atoms with Gasteiger partial charge in [0.05, 0.1) is 17.7 Å². The zero-order valence-corrected chi connectivity index (χ0v) is 14.9. The molecule has 1 fully saturated rings. The van der Waals surface area contributed by atoms with Crippen LogP contribution in [0, 0.1) is 0 Å². The highest BCUT2D eigenvalue weighted by Crippen LogP contribution is 2.37. The van der Waals surface area contributed by atoms with Gasteiger partial charge in [0.2, 0.25) is 11.8 Å². The summed E-state index contributed by atoms with van der Waals surface area (Å²) in [7, 11) is 2.90. The number of hydrogen-bond donors (Lipinski definition) is 2. The normalized spacial score (nSPS) is 26.3. The van der Waals surface area contributed by atoms with Crippen LogP contribution in [0.3, 0.4) is 0 Å². The summed E-state index contributed by atoms with van der Waals surface area (Å²) in [5, 5.41) is 13.7. The molecule has 2 amide bonds. The Labute approximate surface area is 147 Å². The van der Waals surface area contributed by atoms with Crippen molar-refractivity contribution in [3.8, 4) is 0 Å². The minimum atomic E-state index is -1.16. The molecule has 0 radical (unpaired) electrons. The Kier molecular flexibility index (Phi) is 6.52. The van der Waals surface area contributed by atoms with E-state index in [1.54, 1.807) is 11.8 Å². The molecule has 0 aliphatic carbocycles. The first-order chi connectivity index (χ1) is 11.9. The average Bonchev–Trinajstić information content (AvgIpc) is 2.57. The second-order valence-electron chi connectivity index (χ2n) is 6.46. The van der Waals surface area contributed by atoms with Crippen molar-refractivity contribution in [3.05, 3.63) is 35.9 Å². The van der Waals surface area contributed by atoms with E-state index in [2.05, 4.69) is 5.32 Å². The van der Waals surface area contributed by atoms with Crippen LogP contribution >= 0.6 is 0 Å². The highest BCUT2D eigenvalue weighted by atomic mass is 16.5. The van der Waals surface area contributed by atoms with Crippen LogP contribution in [0.25, 0.3) is 0 Å². The van der Waals surface area contributed by atoms with Crippen LogP contribution in [0.1, 0.15) is 24.9 Å². The number of ether oxygens (including phenoxy) is 2. The van der Waals surface area contributed by atoms with Crippen LogP contribution in [-0.2, 0) is 19.1 Å². The number of benzene rings is 1. The molecule has 138 valence electrons. The lowest BCUT2D eigenvalue weighted by atomic mass is 9.79. The lowest BCUT2D eigenvalue weighted by Gasteiger charge is -2.49. The van der Waals surface area contributed by atoms with Gasteiger partial charge in [-0.05, 0) is 18.9 Å². The summed E-state index contributed by atoms with van der Waals surface area (Å²) in [6, 6.07) is 8.23. The van der Waals surface area contributed by atoms with Crippen molar-refractivity contribution in [1.29, 1.82) is 0 Å². The van der Waals surface area contributed by atoms with Crippen molar-refractivity contribution in [1.82, 2.24) is 10.2 Å². The third-order valence-corrected chi connectivity index (χ3v) is 4.50. The molecule has 25 heavy (non-hydrogen) atoms. The molecule has 1 aromatic rings. The molecule has 3 atom stereocenters. The fourth-order valence-corrected chi connectivity index (χ4v) is 3.25. The molecule has 0 unspecified atom stereocenters. The Morgan fingerprint density at radius 3 is 2.48 bits per heavy atom. The summed E-state index contributed by atoms with van der Waals surface area (Å²) in [6.07, 6.45) is 0.351. The molecule has 2 N–H and O–H groups in total. The summed E-state index contributed by atoms with van der Waals surface area (Å²) >= 11 is 0. The molecule has 7 heteroatoms. The van der Waals surface area contributed by atoms with Gasteiger partial charge in [0, 0.05) is 20.8 Å². The zero-order chi connectivity index (χ0) is 18.4. The molecule has 2 rings (SSSR count). The number of carbonyl (C=O) groups is 2. The highest BCUT2D eigenvalue weighted by Gasteiger charge is 2.47. The second kappa shape index (κ2) is 8.42. The van der Waals surface area contributed by atoms with Crippen LogP contribution in [0.15, 0.2) is 30.3 Å². The van der Waals surface area contributed by atoms with Gasteiger partial charge >= 0.3 is 0 Å². The molecule has 1 aliphatic heterocycles. The topological polar surface area (TPSA) is 88.1 Å². The van der Waals surface area contributed by atoms with Gasteiger partial charge in [-0.2, -0.15) is 0 Å². The lowest BCUT2D eigenvalue weighted by molar-refractivity contribution is -0.150. The highest BCUT2D eigenvalue weighted by molar-refractivity contribution is 5.80. The van der Waals surface area contributed by atoms with Crippen LogP contribution in [0.5, 0.6) is 0 Å². The number of amides is 2. The maximum absolute atomic E-state index is 12.5. The predicted molar refractivity (Wildman–Crippen MR) is 91.8 cm³/mol. The van der Waals surface area contributed by atoms with Gasteiger partial charge in [-0.1, -0.05) is 30.3 Å². The van der Waals surface area contributed by atoms with Crippen LogP contribution in [0.2, 0.25) is 0 Å². The third kappa shape index (κ3) is 4.56. The Morgan fingerprint density at radius 2 is 1.88 bits per heavy atom. The summed E-state index contributed by atoms with van der Waals surface area (Å²) in [5.74, 6) is -0.521. The van der Waals surface area contributed by atoms with E-state index in [4.69, 9.17) is 9.47 Å². The number of aliphatic hydroxyl groups is 1. The second-order valence-corrected chi connectivity index (χ2v) is 6.46. The predicted octanol–water partition coefficient (Wildman–Crippen LogP) is 0.489. The number of likely N-dealkylation sites (tertiary alicyclic amines) is 1. The van der Waals surface area contributed by atoms with E-state index in [1.165, 1.54) is 14.2 Å². The van der Waals surface area contributed by atoms with E-state index in [9.17, 15) is 14.7 Å². The molecule has 1 aromatic carbocycles. The van der Waals surface area contributed by atoms with E-state index < -0.39 is 17.7 Å². The first-order valence-electron chi connectivity index (χ1n) is 8.24. The minimum Gasteiger partial charge on any atom is -0.388 e. The molecule has 1 aliphatic rings. The monoisotopic (exact) mass is 350 g/mol. The number of methoxy groups -OCH3 is 2. The van der Waals surface area contributed by atoms with E-state index >= 15 is 0 Å². The van der Waals surface area contributed by atoms with Crippen molar-refractivity contribution < 1.29 is 24.2 Å². The summed E-state index contributed by atoms with van der Waals surface area (Å²) in [4.78, 5) is 26.3. The zero-order valence-electron chi connectivity index (χ0n) is 14.9. The molecule has 0 saturated carbocycles. The Hall–Kier alpha value is -1.96. The Balaban J connectivity index is 2.40. The van der Waals surface area contributed by atoms with Crippen molar-refractivity contribution in [2.75, 3.05) is 34.0 Å². The summed E-state index contributed by atoms with van der Waals surface area (Å²) in [5.41, 5.74) is -0.317. The van der Waals surface area contributed by atoms with Crippen molar-refractivity contribution in [2.24, 2.45) is 0 Å². The van der Waals surface area contributed by atoms with Gasteiger partial charge in [-0.15, -0.1) is 0 Å². The number of hydrogen-bond acceptors (Lipinski definition) is 5. The minimum absolute atomic E-state index is 0.0514. The average molecular weight is 350 g/mol. The van der Waals surface area contributed by atoms with Crippen LogP contribution in [-0.4, -0.2) is 67.4 Å². The quantitative estimate of drug-likeness (QED) is 0.780. The lowest BCUT2D eigenvalue weighted by Crippen LogP contribution is -2.64. The Bertz CT molecular complexity index is 590. The molecule has 0 aromatic heterocycles. The maximum atomic E-state index is 12.5.